The number of hydrogen-bond donors (Lipinski definition) is 1. The number of fused-ring (bicyclic) bond motifs is 1. The van der Waals surface area contributed by atoms with E-state index in [4.69, 9.17) is 5.11 Å². The van der Waals surface area contributed by atoms with E-state index in [1.54, 1.807) is 12.4 Å². The quantitative estimate of drug-likeness (QED) is 0.827. The maximum absolute atomic E-state index is 8.98. The van der Waals surface area contributed by atoms with Crippen molar-refractivity contribution in [2.75, 3.05) is 6.61 Å². The summed E-state index contributed by atoms with van der Waals surface area (Å²) >= 11 is 0. The van der Waals surface area contributed by atoms with Gasteiger partial charge in [0.1, 0.15) is 11.3 Å². The zero-order chi connectivity index (χ0) is 10.8. The molecular formula is C11H15N3O. The normalized spacial score (nSPS) is 11.5. The van der Waals surface area contributed by atoms with Crippen LogP contribution in [0.15, 0.2) is 18.5 Å². The molecule has 0 radical (unpaired) electrons. The molecule has 0 aliphatic carbocycles. The first-order valence-corrected chi connectivity index (χ1v) is 5.15. The summed E-state index contributed by atoms with van der Waals surface area (Å²) in [6.45, 7) is 4.36. The summed E-state index contributed by atoms with van der Waals surface area (Å²) in [5, 5.41) is 8.98. The highest BCUT2D eigenvalue weighted by Crippen LogP contribution is 2.20. The van der Waals surface area contributed by atoms with Crippen LogP contribution in [0.2, 0.25) is 0 Å². The molecule has 0 unspecified atom stereocenters. The minimum absolute atomic E-state index is 0.128. The second-order valence-electron chi connectivity index (χ2n) is 3.83. The van der Waals surface area contributed by atoms with Crippen LogP contribution < -0.4 is 0 Å². The average Bonchev–Trinajstić information content (AvgIpc) is 2.56. The Kier molecular flexibility index (Phi) is 2.68. The lowest BCUT2D eigenvalue weighted by Crippen LogP contribution is -2.07. The molecule has 15 heavy (non-hydrogen) atoms. The molecule has 4 nitrogen and oxygen atoms in total. The van der Waals surface area contributed by atoms with E-state index >= 15 is 0 Å². The molecule has 0 atom stereocenters. The Bertz CT molecular complexity index is 462. The van der Waals surface area contributed by atoms with Crippen molar-refractivity contribution in [2.24, 2.45) is 0 Å². The first-order chi connectivity index (χ1) is 7.24. The first kappa shape index (κ1) is 10.1. The SMILES string of the molecule is CC(C)n1c(CCO)nc2cnccc21. The minimum Gasteiger partial charge on any atom is -0.396 e. The predicted octanol–water partition coefficient (Wildman–Crippen LogP) is 1.55. The van der Waals surface area contributed by atoms with Crippen molar-refractivity contribution in [2.45, 2.75) is 26.3 Å². The third-order valence-corrected chi connectivity index (χ3v) is 2.42. The number of aromatic nitrogens is 3. The van der Waals surface area contributed by atoms with E-state index in [1.807, 2.05) is 6.07 Å². The van der Waals surface area contributed by atoms with Crippen LogP contribution in [0.3, 0.4) is 0 Å². The number of imidazole rings is 1. The third kappa shape index (κ3) is 1.72. The molecule has 0 aromatic carbocycles. The van der Waals surface area contributed by atoms with Crippen molar-refractivity contribution in [3.63, 3.8) is 0 Å². The van der Waals surface area contributed by atoms with Crippen LogP contribution in [0.5, 0.6) is 0 Å². The fraction of sp³-hybridized carbons (Fsp3) is 0.455. The molecule has 2 aromatic heterocycles. The van der Waals surface area contributed by atoms with Crippen LogP contribution >= 0.6 is 0 Å². The Balaban J connectivity index is 2.63. The Labute approximate surface area is 88.6 Å². The molecule has 4 heteroatoms. The maximum atomic E-state index is 8.98. The Hall–Kier alpha value is -1.42. The summed E-state index contributed by atoms with van der Waals surface area (Å²) in [5.74, 6) is 0.926. The highest BCUT2D eigenvalue weighted by molar-refractivity contribution is 5.74. The van der Waals surface area contributed by atoms with Crippen molar-refractivity contribution in [1.29, 1.82) is 0 Å². The van der Waals surface area contributed by atoms with Crippen molar-refractivity contribution in [3.05, 3.63) is 24.3 Å². The second kappa shape index (κ2) is 3.98. The van der Waals surface area contributed by atoms with E-state index in [1.165, 1.54) is 0 Å². The molecule has 0 bridgehead atoms. The van der Waals surface area contributed by atoms with Crippen LogP contribution in [0.1, 0.15) is 25.7 Å². The number of hydrogen-bond acceptors (Lipinski definition) is 3. The van der Waals surface area contributed by atoms with Crippen molar-refractivity contribution < 1.29 is 5.11 Å². The fourth-order valence-electron chi connectivity index (χ4n) is 1.85. The van der Waals surface area contributed by atoms with Gasteiger partial charge in [0.05, 0.1) is 18.3 Å². The molecule has 0 amide bonds. The van der Waals surface area contributed by atoms with E-state index in [2.05, 4.69) is 28.4 Å². The average molecular weight is 205 g/mol. The highest BCUT2D eigenvalue weighted by Gasteiger charge is 2.11. The zero-order valence-electron chi connectivity index (χ0n) is 9.01. The smallest absolute Gasteiger partial charge is 0.112 e. The molecule has 0 saturated carbocycles. The van der Waals surface area contributed by atoms with Gasteiger partial charge >= 0.3 is 0 Å². The number of aliphatic hydroxyl groups is 1. The van der Waals surface area contributed by atoms with E-state index in [0.29, 0.717) is 12.5 Å². The molecule has 2 heterocycles. The third-order valence-electron chi connectivity index (χ3n) is 2.42. The summed E-state index contributed by atoms with van der Waals surface area (Å²) in [4.78, 5) is 8.51. The second-order valence-corrected chi connectivity index (χ2v) is 3.83. The lowest BCUT2D eigenvalue weighted by Gasteiger charge is -2.11. The molecule has 0 fully saturated rings. The maximum Gasteiger partial charge on any atom is 0.112 e. The van der Waals surface area contributed by atoms with Crippen LogP contribution in [0.25, 0.3) is 11.0 Å². The van der Waals surface area contributed by atoms with Crippen molar-refractivity contribution in [1.82, 2.24) is 14.5 Å². The predicted molar refractivity (Wildman–Crippen MR) is 58.7 cm³/mol. The van der Waals surface area contributed by atoms with Gasteiger partial charge in [-0.05, 0) is 19.9 Å². The van der Waals surface area contributed by atoms with E-state index in [0.717, 1.165) is 16.9 Å². The standard InChI is InChI=1S/C11H15N3O/c1-8(2)14-10-3-5-12-7-9(10)13-11(14)4-6-15/h3,5,7-8,15H,4,6H2,1-2H3. The molecule has 2 aromatic rings. The lowest BCUT2D eigenvalue weighted by atomic mass is 10.3. The van der Waals surface area contributed by atoms with Gasteiger partial charge in [0.2, 0.25) is 0 Å². The van der Waals surface area contributed by atoms with Crippen LogP contribution in [0, 0.1) is 0 Å². The Morgan fingerprint density at radius 2 is 2.27 bits per heavy atom. The van der Waals surface area contributed by atoms with Gasteiger partial charge in [0.15, 0.2) is 0 Å². The van der Waals surface area contributed by atoms with Crippen LogP contribution in [0.4, 0.5) is 0 Å². The van der Waals surface area contributed by atoms with Gasteiger partial charge in [-0.3, -0.25) is 4.98 Å². The van der Waals surface area contributed by atoms with Crippen LogP contribution in [-0.4, -0.2) is 26.2 Å². The van der Waals surface area contributed by atoms with Gasteiger partial charge in [-0.25, -0.2) is 4.98 Å². The molecule has 2 rings (SSSR count). The largest absolute Gasteiger partial charge is 0.396 e. The van der Waals surface area contributed by atoms with E-state index < -0.39 is 0 Å². The summed E-state index contributed by atoms with van der Waals surface area (Å²) in [6.07, 6.45) is 4.12. The number of rotatable bonds is 3. The van der Waals surface area contributed by atoms with Gasteiger partial charge in [-0.15, -0.1) is 0 Å². The highest BCUT2D eigenvalue weighted by atomic mass is 16.3. The Morgan fingerprint density at radius 3 is 2.93 bits per heavy atom. The molecule has 0 saturated heterocycles. The summed E-state index contributed by atoms with van der Waals surface area (Å²) < 4.78 is 2.15. The number of pyridine rings is 1. The van der Waals surface area contributed by atoms with E-state index in [9.17, 15) is 0 Å². The molecule has 0 aliphatic heterocycles. The molecule has 1 N–H and O–H groups in total. The number of aliphatic hydroxyl groups excluding tert-OH is 1. The van der Waals surface area contributed by atoms with E-state index in [-0.39, 0.29) is 6.61 Å². The van der Waals surface area contributed by atoms with Gasteiger partial charge < -0.3 is 9.67 Å². The van der Waals surface area contributed by atoms with Crippen LogP contribution in [-0.2, 0) is 6.42 Å². The molecular weight excluding hydrogens is 190 g/mol. The van der Waals surface area contributed by atoms with Gasteiger partial charge in [-0.1, -0.05) is 0 Å². The van der Waals surface area contributed by atoms with Crippen molar-refractivity contribution in [3.8, 4) is 0 Å². The van der Waals surface area contributed by atoms with Gasteiger partial charge in [0.25, 0.3) is 0 Å². The van der Waals surface area contributed by atoms with Gasteiger partial charge in [-0.2, -0.15) is 0 Å². The summed E-state index contributed by atoms with van der Waals surface area (Å²) in [6, 6.07) is 2.31. The minimum atomic E-state index is 0.128. The fourth-order valence-corrected chi connectivity index (χ4v) is 1.85. The van der Waals surface area contributed by atoms with Crippen molar-refractivity contribution >= 4 is 11.0 Å². The van der Waals surface area contributed by atoms with Gasteiger partial charge in [0, 0.05) is 18.7 Å². The number of nitrogens with zero attached hydrogens (tertiary/aromatic N) is 3. The molecule has 0 aliphatic rings. The summed E-state index contributed by atoms with van der Waals surface area (Å²) in [5.41, 5.74) is 1.98. The lowest BCUT2D eigenvalue weighted by molar-refractivity contribution is 0.294. The Morgan fingerprint density at radius 1 is 1.47 bits per heavy atom. The molecule has 80 valence electrons. The molecule has 0 spiro atoms. The topological polar surface area (TPSA) is 50.9 Å². The zero-order valence-corrected chi connectivity index (χ0v) is 9.01. The summed E-state index contributed by atoms with van der Waals surface area (Å²) in [7, 11) is 0. The first-order valence-electron chi connectivity index (χ1n) is 5.15. The monoisotopic (exact) mass is 205 g/mol.